The van der Waals surface area contributed by atoms with E-state index >= 15 is 0 Å². The van der Waals surface area contributed by atoms with E-state index in [1.807, 2.05) is 6.92 Å². The first-order valence-electron chi connectivity index (χ1n) is 6.71. The number of halogens is 1. The molecule has 0 radical (unpaired) electrons. The van der Waals surface area contributed by atoms with Gasteiger partial charge in [-0.05, 0) is 40.5 Å². The van der Waals surface area contributed by atoms with E-state index in [4.69, 9.17) is 9.84 Å². The van der Waals surface area contributed by atoms with Gasteiger partial charge in [-0.2, -0.15) is 4.31 Å². The second kappa shape index (κ2) is 6.27. The predicted octanol–water partition coefficient (Wildman–Crippen LogP) is 2.19. The summed E-state index contributed by atoms with van der Waals surface area (Å²) in [6.07, 6.45) is 0.731. The fraction of sp³-hybridized carbons (Fsp3) is 0.500. The van der Waals surface area contributed by atoms with Crippen LogP contribution >= 0.6 is 15.9 Å². The first-order valence-corrected chi connectivity index (χ1v) is 8.95. The minimum absolute atomic E-state index is 0.0320. The maximum atomic E-state index is 12.7. The third-order valence-electron chi connectivity index (χ3n) is 3.82. The standard InChI is InChI=1S/C14H18BrNO5S/c1-14(9-21-2)5-6-16(8-14)22(19,20)10-3-4-11(13(17)18)12(15)7-10/h3-4,7H,5-6,8-9H2,1-2H3,(H,17,18). The van der Waals surface area contributed by atoms with Gasteiger partial charge in [0.25, 0.3) is 0 Å². The average molecular weight is 392 g/mol. The van der Waals surface area contributed by atoms with E-state index in [1.165, 1.54) is 22.5 Å². The Morgan fingerprint density at radius 1 is 1.50 bits per heavy atom. The van der Waals surface area contributed by atoms with E-state index in [9.17, 15) is 13.2 Å². The zero-order valence-electron chi connectivity index (χ0n) is 12.4. The maximum Gasteiger partial charge on any atom is 0.336 e. The smallest absolute Gasteiger partial charge is 0.336 e. The van der Waals surface area contributed by atoms with Crippen LogP contribution in [0.1, 0.15) is 23.7 Å². The monoisotopic (exact) mass is 391 g/mol. The number of carbonyl (C=O) groups is 1. The predicted molar refractivity (Wildman–Crippen MR) is 84.5 cm³/mol. The number of hydrogen-bond acceptors (Lipinski definition) is 4. The third kappa shape index (κ3) is 3.34. The zero-order valence-corrected chi connectivity index (χ0v) is 14.8. The summed E-state index contributed by atoms with van der Waals surface area (Å²) in [6.45, 7) is 3.32. The van der Waals surface area contributed by atoms with Gasteiger partial charge < -0.3 is 9.84 Å². The van der Waals surface area contributed by atoms with Crippen LogP contribution in [-0.4, -0.2) is 50.6 Å². The average Bonchev–Trinajstić information content (AvgIpc) is 2.81. The largest absolute Gasteiger partial charge is 0.478 e. The molecule has 1 aromatic rings. The number of carboxylic acid groups (broad SMARTS) is 1. The van der Waals surface area contributed by atoms with Gasteiger partial charge in [0, 0.05) is 30.1 Å². The normalized spacial score (nSPS) is 22.9. The molecular formula is C14H18BrNO5S. The Kier molecular flexibility index (Phi) is 4.96. The number of ether oxygens (including phenoxy) is 1. The highest BCUT2D eigenvalue weighted by atomic mass is 79.9. The van der Waals surface area contributed by atoms with Crippen LogP contribution < -0.4 is 0 Å². The number of methoxy groups -OCH3 is 1. The van der Waals surface area contributed by atoms with Crippen LogP contribution in [0.15, 0.2) is 27.6 Å². The van der Waals surface area contributed by atoms with Crippen LogP contribution in [0.2, 0.25) is 0 Å². The molecular weight excluding hydrogens is 374 g/mol. The van der Waals surface area contributed by atoms with Gasteiger partial charge >= 0.3 is 5.97 Å². The van der Waals surface area contributed by atoms with Gasteiger partial charge in [-0.3, -0.25) is 0 Å². The van der Waals surface area contributed by atoms with Crippen LogP contribution in [0.25, 0.3) is 0 Å². The van der Waals surface area contributed by atoms with Gasteiger partial charge in [0.2, 0.25) is 10.0 Å². The van der Waals surface area contributed by atoms with E-state index in [1.54, 1.807) is 7.11 Å². The van der Waals surface area contributed by atoms with Gasteiger partial charge in [-0.1, -0.05) is 6.92 Å². The topological polar surface area (TPSA) is 83.9 Å². The Balaban J connectivity index is 2.28. The van der Waals surface area contributed by atoms with Crippen LogP contribution in [0, 0.1) is 5.41 Å². The lowest BCUT2D eigenvalue weighted by molar-refractivity contribution is 0.0695. The molecule has 0 spiro atoms. The van der Waals surface area contributed by atoms with Crippen molar-refractivity contribution >= 4 is 31.9 Å². The van der Waals surface area contributed by atoms with Gasteiger partial charge in [0.05, 0.1) is 17.1 Å². The number of rotatable bonds is 5. The van der Waals surface area contributed by atoms with E-state index in [0.717, 1.165) is 6.42 Å². The summed E-state index contributed by atoms with van der Waals surface area (Å²) in [4.78, 5) is 11.1. The number of nitrogens with zero attached hydrogens (tertiary/aromatic N) is 1. The minimum atomic E-state index is -3.64. The van der Waals surface area contributed by atoms with Crippen LogP contribution in [0.5, 0.6) is 0 Å². The summed E-state index contributed by atoms with van der Waals surface area (Å²) in [5, 5.41) is 8.99. The van der Waals surface area contributed by atoms with Gasteiger partial charge in [0.1, 0.15) is 0 Å². The number of benzene rings is 1. The summed E-state index contributed by atoms with van der Waals surface area (Å²) in [6, 6.07) is 3.96. The molecule has 0 amide bonds. The highest BCUT2D eigenvalue weighted by Crippen LogP contribution is 2.34. The molecule has 1 atom stereocenters. The lowest BCUT2D eigenvalue weighted by Gasteiger charge is -2.23. The molecule has 1 N–H and O–H groups in total. The van der Waals surface area contributed by atoms with Crippen molar-refractivity contribution in [3.63, 3.8) is 0 Å². The first-order chi connectivity index (χ1) is 10.2. The van der Waals surface area contributed by atoms with Crippen molar-refractivity contribution in [3.05, 3.63) is 28.2 Å². The van der Waals surface area contributed by atoms with Crippen molar-refractivity contribution in [1.82, 2.24) is 4.31 Å². The molecule has 8 heteroatoms. The van der Waals surface area contributed by atoms with Crippen LogP contribution in [-0.2, 0) is 14.8 Å². The van der Waals surface area contributed by atoms with Crippen molar-refractivity contribution in [3.8, 4) is 0 Å². The van der Waals surface area contributed by atoms with E-state index < -0.39 is 16.0 Å². The van der Waals surface area contributed by atoms with Crippen LogP contribution in [0.4, 0.5) is 0 Å². The summed E-state index contributed by atoms with van der Waals surface area (Å²) in [5.74, 6) is -1.11. The SMILES string of the molecule is COCC1(C)CCN(S(=O)(=O)c2ccc(C(=O)O)c(Br)c2)C1. The molecule has 0 aromatic heterocycles. The van der Waals surface area contributed by atoms with Crippen molar-refractivity contribution in [1.29, 1.82) is 0 Å². The Bertz CT molecular complexity index is 690. The summed E-state index contributed by atoms with van der Waals surface area (Å²) >= 11 is 3.11. The third-order valence-corrected chi connectivity index (χ3v) is 6.32. The fourth-order valence-corrected chi connectivity index (χ4v) is 4.95. The molecule has 1 saturated heterocycles. The van der Waals surface area contributed by atoms with Crippen molar-refractivity contribution in [2.75, 3.05) is 26.8 Å². The Labute approximate surface area is 138 Å². The zero-order chi connectivity index (χ0) is 16.5. The first kappa shape index (κ1) is 17.4. The molecule has 1 unspecified atom stereocenters. The van der Waals surface area contributed by atoms with Crippen molar-refractivity contribution < 1.29 is 23.1 Å². The lowest BCUT2D eigenvalue weighted by atomic mass is 9.91. The Morgan fingerprint density at radius 2 is 2.18 bits per heavy atom. The molecule has 1 fully saturated rings. The molecule has 1 aliphatic heterocycles. The number of carboxylic acids is 1. The maximum absolute atomic E-state index is 12.7. The molecule has 1 aromatic carbocycles. The molecule has 1 heterocycles. The summed E-state index contributed by atoms with van der Waals surface area (Å²) < 4.78 is 32.2. The van der Waals surface area contributed by atoms with Gasteiger partial charge in [-0.25, -0.2) is 13.2 Å². The molecule has 22 heavy (non-hydrogen) atoms. The second-order valence-electron chi connectivity index (χ2n) is 5.78. The number of aromatic carboxylic acids is 1. The molecule has 6 nitrogen and oxygen atoms in total. The minimum Gasteiger partial charge on any atom is -0.478 e. The van der Waals surface area contributed by atoms with Gasteiger partial charge in [0.15, 0.2) is 0 Å². The Hall–Kier alpha value is -0.960. The lowest BCUT2D eigenvalue weighted by Crippen LogP contribution is -2.33. The van der Waals surface area contributed by atoms with Crippen LogP contribution in [0.3, 0.4) is 0 Å². The number of sulfonamides is 1. The summed E-state index contributed by atoms with van der Waals surface area (Å²) in [5.41, 5.74) is -0.162. The van der Waals surface area contributed by atoms with Crippen molar-refractivity contribution in [2.45, 2.75) is 18.2 Å². The van der Waals surface area contributed by atoms with E-state index in [0.29, 0.717) is 19.7 Å². The fourth-order valence-electron chi connectivity index (χ4n) is 2.63. The molecule has 122 valence electrons. The molecule has 1 aliphatic rings. The highest BCUT2D eigenvalue weighted by molar-refractivity contribution is 9.10. The highest BCUT2D eigenvalue weighted by Gasteiger charge is 2.40. The molecule has 0 aliphatic carbocycles. The molecule has 0 bridgehead atoms. The van der Waals surface area contributed by atoms with E-state index in [2.05, 4.69) is 15.9 Å². The van der Waals surface area contributed by atoms with Gasteiger partial charge in [-0.15, -0.1) is 0 Å². The Morgan fingerprint density at radius 3 is 2.73 bits per heavy atom. The summed E-state index contributed by atoms with van der Waals surface area (Å²) in [7, 11) is -2.04. The van der Waals surface area contributed by atoms with Crippen molar-refractivity contribution in [2.24, 2.45) is 5.41 Å². The quantitative estimate of drug-likeness (QED) is 0.831. The molecule has 0 saturated carbocycles. The second-order valence-corrected chi connectivity index (χ2v) is 8.57. The molecule has 2 rings (SSSR count). The van der Waals surface area contributed by atoms with E-state index in [-0.39, 0.29) is 20.3 Å². The number of hydrogen-bond donors (Lipinski definition) is 1.